The first kappa shape index (κ1) is 10.8. The maximum absolute atomic E-state index is 11.4. The van der Waals surface area contributed by atoms with E-state index in [4.69, 9.17) is 0 Å². The molecule has 0 saturated carbocycles. The summed E-state index contributed by atoms with van der Waals surface area (Å²) in [5.74, 6) is 0.214. The molecule has 1 aliphatic carbocycles. The molecule has 0 radical (unpaired) electrons. The first-order valence-electron chi connectivity index (χ1n) is 4.85. The van der Waals surface area contributed by atoms with Crippen LogP contribution in [0.4, 0.5) is 0 Å². The molecule has 0 aromatic rings. The van der Waals surface area contributed by atoms with Crippen molar-refractivity contribution < 1.29 is 4.79 Å². The molecule has 0 aromatic heterocycles. The maximum atomic E-state index is 11.4. The number of nitrogens with one attached hydrogen (secondary N) is 1. The molecule has 2 nitrogen and oxygen atoms in total. The smallest absolute Gasteiger partial charge is 0.157 e. The number of rotatable bonds is 3. The molecule has 0 heterocycles. The Morgan fingerprint density at radius 2 is 2.36 bits per heavy atom. The van der Waals surface area contributed by atoms with Gasteiger partial charge in [0.25, 0.3) is 0 Å². The Morgan fingerprint density at radius 1 is 1.64 bits per heavy atom. The fraction of sp³-hybridized carbons (Fsp3) is 0.500. The first-order valence-corrected chi connectivity index (χ1v) is 4.85. The standard InChI is InChI=1S/C12H17NO/c1-4-5-6-13-10-7-11(14)9-12(2,3)8-10/h5,7,13H,1,6,8-9H2,2-3H3. The SMILES string of the molecule is C=C=CCNC1=CC(=O)CC(C)(C)C1. The van der Waals surface area contributed by atoms with E-state index in [1.54, 1.807) is 6.08 Å². The Balaban J connectivity index is 2.60. The van der Waals surface area contributed by atoms with E-state index in [1.807, 2.05) is 6.08 Å². The largest absolute Gasteiger partial charge is 0.384 e. The lowest BCUT2D eigenvalue weighted by Gasteiger charge is -2.28. The van der Waals surface area contributed by atoms with Crippen molar-refractivity contribution in [3.63, 3.8) is 0 Å². The number of ketones is 1. The molecule has 76 valence electrons. The van der Waals surface area contributed by atoms with Crippen molar-refractivity contribution in [2.45, 2.75) is 26.7 Å². The number of hydrogen-bond acceptors (Lipinski definition) is 2. The minimum Gasteiger partial charge on any atom is -0.384 e. The van der Waals surface area contributed by atoms with E-state index >= 15 is 0 Å². The van der Waals surface area contributed by atoms with Gasteiger partial charge in [-0.05, 0) is 17.9 Å². The summed E-state index contributed by atoms with van der Waals surface area (Å²) in [4.78, 5) is 11.4. The number of carbonyl (C=O) groups is 1. The highest BCUT2D eigenvalue weighted by Gasteiger charge is 2.26. The molecule has 0 unspecified atom stereocenters. The van der Waals surface area contributed by atoms with E-state index in [0.29, 0.717) is 13.0 Å². The number of hydrogen-bond donors (Lipinski definition) is 1. The van der Waals surface area contributed by atoms with E-state index in [9.17, 15) is 4.79 Å². The minimum atomic E-state index is 0.0893. The zero-order valence-corrected chi connectivity index (χ0v) is 8.89. The van der Waals surface area contributed by atoms with E-state index in [0.717, 1.165) is 12.1 Å². The Kier molecular flexibility index (Phi) is 3.32. The molecule has 1 rings (SSSR count). The number of allylic oxidation sites excluding steroid dienone is 2. The highest BCUT2D eigenvalue weighted by molar-refractivity contribution is 5.91. The van der Waals surface area contributed by atoms with Crippen LogP contribution in [0.3, 0.4) is 0 Å². The molecule has 0 saturated heterocycles. The van der Waals surface area contributed by atoms with Gasteiger partial charge in [0.05, 0.1) is 0 Å². The molecule has 0 amide bonds. The zero-order valence-electron chi connectivity index (χ0n) is 8.89. The molecule has 0 spiro atoms. The molecule has 0 atom stereocenters. The maximum Gasteiger partial charge on any atom is 0.157 e. The summed E-state index contributed by atoms with van der Waals surface area (Å²) < 4.78 is 0. The molecular weight excluding hydrogens is 174 g/mol. The van der Waals surface area contributed by atoms with E-state index in [2.05, 4.69) is 31.5 Å². The molecule has 1 N–H and O–H groups in total. The number of carbonyl (C=O) groups excluding carboxylic acids is 1. The quantitative estimate of drug-likeness (QED) is 0.693. The summed E-state index contributed by atoms with van der Waals surface area (Å²) in [5, 5.41) is 3.19. The van der Waals surface area contributed by atoms with Gasteiger partial charge in [-0.1, -0.05) is 20.4 Å². The van der Waals surface area contributed by atoms with Gasteiger partial charge in [-0.2, -0.15) is 0 Å². The average molecular weight is 191 g/mol. The van der Waals surface area contributed by atoms with Crippen LogP contribution in [0.5, 0.6) is 0 Å². The lowest BCUT2D eigenvalue weighted by atomic mass is 9.79. The molecule has 1 aliphatic rings. The Bertz CT molecular complexity index is 306. The second kappa shape index (κ2) is 4.30. The normalized spacial score (nSPS) is 19.6. The molecular formula is C12H17NO. The van der Waals surface area contributed by atoms with Crippen molar-refractivity contribution >= 4 is 5.78 Å². The summed E-state index contributed by atoms with van der Waals surface area (Å²) in [6.45, 7) is 8.40. The Hall–Kier alpha value is -1.27. The van der Waals surface area contributed by atoms with Crippen LogP contribution in [0.2, 0.25) is 0 Å². The van der Waals surface area contributed by atoms with Crippen molar-refractivity contribution in [1.29, 1.82) is 0 Å². The molecule has 2 heteroatoms. The second-order valence-electron chi connectivity index (χ2n) is 4.44. The van der Waals surface area contributed by atoms with E-state index in [-0.39, 0.29) is 11.2 Å². The summed E-state index contributed by atoms with van der Waals surface area (Å²) in [6.07, 6.45) is 5.11. The van der Waals surface area contributed by atoms with E-state index < -0.39 is 0 Å². The van der Waals surface area contributed by atoms with Crippen molar-refractivity contribution in [1.82, 2.24) is 5.32 Å². The van der Waals surface area contributed by atoms with Crippen LogP contribution < -0.4 is 5.32 Å². The van der Waals surface area contributed by atoms with Gasteiger partial charge in [0.15, 0.2) is 5.78 Å². The molecule has 0 aliphatic heterocycles. The molecule has 0 aromatic carbocycles. The third-order valence-corrected chi connectivity index (χ3v) is 2.23. The summed E-state index contributed by atoms with van der Waals surface area (Å²) in [7, 11) is 0. The first-order chi connectivity index (χ1) is 6.53. The monoisotopic (exact) mass is 191 g/mol. The fourth-order valence-electron chi connectivity index (χ4n) is 1.71. The van der Waals surface area contributed by atoms with Crippen LogP contribution in [-0.2, 0) is 4.79 Å². The van der Waals surface area contributed by atoms with Crippen LogP contribution in [0.15, 0.2) is 30.2 Å². The Morgan fingerprint density at radius 3 is 2.93 bits per heavy atom. The van der Waals surface area contributed by atoms with Crippen molar-refractivity contribution in [3.05, 3.63) is 30.2 Å². The fourth-order valence-corrected chi connectivity index (χ4v) is 1.71. The van der Waals surface area contributed by atoms with Gasteiger partial charge in [0, 0.05) is 24.7 Å². The third-order valence-electron chi connectivity index (χ3n) is 2.23. The summed E-state index contributed by atoms with van der Waals surface area (Å²) in [5.41, 5.74) is 3.80. The van der Waals surface area contributed by atoms with Crippen molar-refractivity contribution in [3.8, 4) is 0 Å². The summed E-state index contributed by atoms with van der Waals surface area (Å²) in [6, 6.07) is 0. The molecule has 0 bridgehead atoms. The van der Waals surface area contributed by atoms with Gasteiger partial charge in [-0.3, -0.25) is 4.79 Å². The van der Waals surface area contributed by atoms with Gasteiger partial charge in [-0.15, -0.1) is 5.73 Å². The predicted molar refractivity (Wildman–Crippen MR) is 57.8 cm³/mol. The van der Waals surface area contributed by atoms with Gasteiger partial charge >= 0.3 is 0 Å². The van der Waals surface area contributed by atoms with Gasteiger partial charge < -0.3 is 5.32 Å². The van der Waals surface area contributed by atoms with Crippen LogP contribution in [0.25, 0.3) is 0 Å². The van der Waals surface area contributed by atoms with Gasteiger partial charge in [0.2, 0.25) is 0 Å². The molecule has 14 heavy (non-hydrogen) atoms. The topological polar surface area (TPSA) is 29.1 Å². The third kappa shape index (κ3) is 3.23. The second-order valence-corrected chi connectivity index (χ2v) is 4.44. The van der Waals surface area contributed by atoms with Crippen LogP contribution in [0, 0.1) is 5.41 Å². The minimum absolute atomic E-state index is 0.0893. The average Bonchev–Trinajstić information content (AvgIpc) is 2.00. The zero-order chi connectivity index (χ0) is 10.6. The lowest BCUT2D eigenvalue weighted by molar-refractivity contribution is -0.117. The van der Waals surface area contributed by atoms with E-state index in [1.165, 1.54) is 0 Å². The predicted octanol–water partition coefficient (Wildman–Crippen LogP) is 2.19. The van der Waals surface area contributed by atoms with Crippen molar-refractivity contribution in [2.75, 3.05) is 6.54 Å². The van der Waals surface area contributed by atoms with Crippen molar-refractivity contribution in [2.24, 2.45) is 5.41 Å². The molecule has 0 fully saturated rings. The van der Waals surface area contributed by atoms with Crippen LogP contribution >= 0.6 is 0 Å². The highest BCUT2D eigenvalue weighted by Crippen LogP contribution is 2.32. The summed E-state index contributed by atoms with van der Waals surface area (Å²) >= 11 is 0. The lowest BCUT2D eigenvalue weighted by Crippen LogP contribution is -2.27. The van der Waals surface area contributed by atoms with Crippen LogP contribution in [-0.4, -0.2) is 12.3 Å². The van der Waals surface area contributed by atoms with Gasteiger partial charge in [0.1, 0.15) is 0 Å². The highest BCUT2D eigenvalue weighted by atomic mass is 16.1. The Labute approximate surface area is 85.4 Å². The van der Waals surface area contributed by atoms with Crippen LogP contribution in [0.1, 0.15) is 26.7 Å². The van der Waals surface area contributed by atoms with Gasteiger partial charge in [-0.25, -0.2) is 0 Å².